The van der Waals surface area contributed by atoms with Crippen molar-refractivity contribution >= 4 is 38.6 Å². The maximum absolute atomic E-state index is 6.06. The van der Waals surface area contributed by atoms with E-state index < -0.39 is 0 Å². The lowest BCUT2D eigenvalue weighted by molar-refractivity contribution is 0.494. The molecular weight excluding hydrogens is 312 g/mol. The first-order valence-corrected chi connectivity index (χ1v) is 7.74. The molecule has 2 unspecified atom stereocenters. The number of hydrogen-bond acceptors (Lipinski definition) is 1. The molecule has 2 nitrogen and oxygen atoms in total. The molecule has 1 heterocycles. The molecule has 1 aliphatic rings. The number of fused-ring (bicyclic) bond motifs is 1. The Morgan fingerprint density at radius 2 is 2.28 bits per heavy atom. The molecule has 1 aromatic heterocycles. The van der Waals surface area contributed by atoms with E-state index in [0.29, 0.717) is 11.9 Å². The Kier molecular flexibility index (Phi) is 3.37. The third kappa shape index (κ3) is 2.08. The summed E-state index contributed by atoms with van der Waals surface area (Å²) >= 11 is 9.61. The van der Waals surface area contributed by atoms with E-state index in [-0.39, 0.29) is 0 Å². The van der Waals surface area contributed by atoms with E-state index in [0.717, 1.165) is 21.7 Å². The summed E-state index contributed by atoms with van der Waals surface area (Å²) in [6.07, 6.45) is 3.78. The average molecular weight is 328 g/mol. The van der Waals surface area contributed by atoms with Crippen LogP contribution in [0.2, 0.25) is 0 Å². The van der Waals surface area contributed by atoms with Crippen LogP contribution < -0.4 is 0 Å². The Morgan fingerprint density at radius 3 is 2.94 bits per heavy atom. The van der Waals surface area contributed by atoms with Gasteiger partial charge in [0.05, 0.1) is 16.9 Å². The van der Waals surface area contributed by atoms with Gasteiger partial charge in [-0.1, -0.05) is 22.9 Å². The lowest BCUT2D eigenvalue weighted by Gasteiger charge is -2.16. The Bertz CT molecular complexity index is 578. The number of alkyl halides is 1. The zero-order valence-electron chi connectivity index (χ0n) is 10.4. The van der Waals surface area contributed by atoms with E-state index in [1.54, 1.807) is 0 Å². The number of nitrogens with zero attached hydrogens (tertiary/aromatic N) is 2. The lowest BCUT2D eigenvalue weighted by atomic mass is 10.1. The van der Waals surface area contributed by atoms with Crippen LogP contribution in [-0.4, -0.2) is 9.55 Å². The van der Waals surface area contributed by atoms with E-state index in [1.165, 1.54) is 24.8 Å². The van der Waals surface area contributed by atoms with Crippen molar-refractivity contribution in [2.45, 2.75) is 38.1 Å². The van der Waals surface area contributed by atoms with Crippen LogP contribution >= 0.6 is 27.5 Å². The summed E-state index contributed by atoms with van der Waals surface area (Å²) in [4.78, 5) is 4.65. The van der Waals surface area contributed by atoms with Crippen LogP contribution in [-0.2, 0) is 5.88 Å². The zero-order valence-corrected chi connectivity index (χ0v) is 12.7. The standard InChI is InChI=1S/C14H16BrClN2/c1-9-2-4-11(6-9)18-13-7-10(15)3-5-12(13)17-14(18)8-16/h3,5,7,9,11H,2,4,6,8H2,1H3. The summed E-state index contributed by atoms with van der Waals surface area (Å²) in [6.45, 7) is 2.33. The predicted octanol–water partition coefficient (Wildman–Crippen LogP) is 4.90. The highest BCUT2D eigenvalue weighted by Crippen LogP contribution is 2.37. The van der Waals surface area contributed by atoms with Gasteiger partial charge in [-0.25, -0.2) is 4.98 Å². The smallest absolute Gasteiger partial charge is 0.125 e. The first kappa shape index (κ1) is 12.5. The first-order valence-electron chi connectivity index (χ1n) is 6.41. The molecule has 3 rings (SSSR count). The predicted molar refractivity (Wildman–Crippen MR) is 79.0 cm³/mol. The Morgan fingerprint density at radius 1 is 1.44 bits per heavy atom. The third-order valence-corrected chi connectivity index (χ3v) is 4.61. The van der Waals surface area contributed by atoms with Crippen molar-refractivity contribution in [3.8, 4) is 0 Å². The molecule has 4 heteroatoms. The van der Waals surface area contributed by atoms with Crippen molar-refractivity contribution in [3.05, 3.63) is 28.5 Å². The summed E-state index contributed by atoms with van der Waals surface area (Å²) in [5, 5.41) is 0. The molecule has 0 spiro atoms. The molecule has 2 aromatic rings. The Balaban J connectivity index is 2.15. The number of imidazole rings is 1. The number of aromatic nitrogens is 2. The summed E-state index contributed by atoms with van der Waals surface area (Å²) in [5.41, 5.74) is 2.26. The van der Waals surface area contributed by atoms with Crippen LogP contribution in [0.5, 0.6) is 0 Å². The zero-order chi connectivity index (χ0) is 12.7. The number of rotatable bonds is 2. The molecule has 0 saturated heterocycles. The van der Waals surface area contributed by atoms with Gasteiger partial charge in [0.2, 0.25) is 0 Å². The molecule has 1 aromatic carbocycles. The van der Waals surface area contributed by atoms with Crippen LogP contribution in [0.15, 0.2) is 22.7 Å². The molecule has 1 saturated carbocycles. The van der Waals surface area contributed by atoms with E-state index in [1.807, 2.05) is 6.07 Å². The summed E-state index contributed by atoms with van der Waals surface area (Å²) in [5.74, 6) is 2.30. The maximum atomic E-state index is 6.06. The van der Waals surface area contributed by atoms with Gasteiger partial charge in [0.15, 0.2) is 0 Å². The van der Waals surface area contributed by atoms with E-state index in [4.69, 9.17) is 11.6 Å². The second-order valence-electron chi connectivity index (χ2n) is 5.24. The molecule has 1 fully saturated rings. The van der Waals surface area contributed by atoms with Gasteiger partial charge in [-0.3, -0.25) is 0 Å². The van der Waals surface area contributed by atoms with Gasteiger partial charge in [-0.05, 0) is 43.4 Å². The molecule has 2 atom stereocenters. The van der Waals surface area contributed by atoms with Gasteiger partial charge in [-0.15, -0.1) is 11.6 Å². The molecule has 1 aliphatic carbocycles. The Labute approximate surface area is 120 Å². The van der Waals surface area contributed by atoms with Crippen molar-refractivity contribution < 1.29 is 0 Å². The number of benzene rings is 1. The fourth-order valence-corrected chi connectivity index (χ4v) is 3.57. The lowest BCUT2D eigenvalue weighted by Crippen LogP contribution is -2.08. The molecule has 0 radical (unpaired) electrons. The normalized spacial score (nSPS) is 23.9. The van der Waals surface area contributed by atoms with E-state index in [2.05, 4.69) is 44.5 Å². The minimum atomic E-state index is 0.483. The van der Waals surface area contributed by atoms with Gasteiger partial charge < -0.3 is 4.57 Å². The second kappa shape index (κ2) is 4.86. The van der Waals surface area contributed by atoms with Crippen molar-refractivity contribution in [2.24, 2.45) is 5.92 Å². The highest BCUT2D eigenvalue weighted by atomic mass is 79.9. The summed E-state index contributed by atoms with van der Waals surface area (Å²) in [7, 11) is 0. The summed E-state index contributed by atoms with van der Waals surface area (Å²) in [6, 6.07) is 6.81. The minimum Gasteiger partial charge on any atom is -0.324 e. The van der Waals surface area contributed by atoms with Crippen molar-refractivity contribution in [1.82, 2.24) is 9.55 Å². The van der Waals surface area contributed by atoms with Gasteiger partial charge in [0.25, 0.3) is 0 Å². The van der Waals surface area contributed by atoms with Crippen LogP contribution in [0, 0.1) is 5.92 Å². The molecule has 18 heavy (non-hydrogen) atoms. The summed E-state index contributed by atoms with van der Waals surface area (Å²) < 4.78 is 3.46. The molecule has 0 aliphatic heterocycles. The van der Waals surface area contributed by atoms with Gasteiger partial charge >= 0.3 is 0 Å². The highest BCUT2D eigenvalue weighted by molar-refractivity contribution is 9.10. The number of hydrogen-bond donors (Lipinski definition) is 0. The van der Waals surface area contributed by atoms with Gasteiger partial charge in [0, 0.05) is 10.5 Å². The average Bonchev–Trinajstić information content (AvgIpc) is 2.91. The van der Waals surface area contributed by atoms with Crippen LogP contribution in [0.3, 0.4) is 0 Å². The van der Waals surface area contributed by atoms with Gasteiger partial charge in [0.1, 0.15) is 5.82 Å². The highest BCUT2D eigenvalue weighted by Gasteiger charge is 2.26. The van der Waals surface area contributed by atoms with E-state index >= 15 is 0 Å². The minimum absolute atomic E-state index is 0.483. The fraction of sp³-hybridized carbons (Fsp3) is 0.500. The molecular formula is C14H16BrClN2. The maximum Gasteiger partial charge on any atom is 0.125 e. The SMILES string of the molecule is CC1CCC(n2c(CCl)nc3ccc(Br)cc32)C1. The van der Waals surface area contributed by atoms with E-state index in [9.17, 15) is 0 Å². The topological polar surface area (TPSA) is 17.8 Å². The molecule has 0 bridgehead atoms. The van der Waals surface area contributed by atoms with Crippen LogP contribution in [0.4, 0.5) is 0 Å². The van der Waals surface area contributed by atoms with Crippen LogP contribution in [0.1, 0.15) is 38.1 Å². The third-order valence-electron chi connectivity index (χ3n) is 3.88. The monoisotopic (exact) mass is 326 g/mol. The Hall–Kier alpha value is -0.540. The molecule has 96 valence electrons. The largest absolute Gasteiger partial charge is 0.324 e. The fourth-order valence-electron chi connectivity index (χ4n) is 3.03. The van der Waals surface area contributed by atoms with Crippen molar-refractivity contribution in [3.63, 3.8) is 0 Å². The first-order chi connectivity index (χ1) is 8.69. The molecule has 0 amide bonds. The van der Waals surface area contributed by atoms with Crippen molar-refractivity contribution in [1.29, 1.82) is 0 Å². The van der Waals surface area contributed by atoms with Crippen LogP contribution in [0.25, 0.3) is 11.0 Å². The second-order valence-corrected chi connectivity index (χ2v) is 6.42. The van der Waals surface area contributed by atoms with Crippen molar-refractivity contribution in [2.75, 3.05) is 0 Å². The van der Waals surface area contributed by atoms with Gasteiger partial charge in [-0.2, -0.15) is 0 Å². The number of halogens is 2. The quantitative estimate of drug-likeness (QED) is 0.717. The molecule has 0 N–H and O–H groups in total.